The molecule has 13 heavy (non-hydrogen) atoms. The van der Waals surface area contributed by atoms with Gasteiger partial charge in [-0.25, -0.2) is 4.79 Å². The number of hydrogen-bond donors (Lipinski definition) is 1. The van der Waals surface area contributed by atoms with Crippen LogP contribution in [0.4, 0.5) is 0 Å². The maximum absolute atomic E-state index is 10.9. The van der Waals surface area contributed by atoms with Gasteiger partial charge in [0.25, 0.3) is 0 Å². The largest absolute Gasteiger partial charge is 0.425 e. The molecule has 0 heterocycles. The van der Waals surface area contributed by atoms with Crippen LogP contribution in [0.25, 0.3) is 0 Å². The predicted octanol–water partition coefficient (Wildman–Crippen LogP) is 1.28. The average molecular weight is 180 g/mol. The van der Waals surface area contributed by atoms with Crippen LogP contribution in [0.5, 0.6) is 5.75 Å². The zero-order valence-electron chi connectivity index (χ0n) is 7.65. The second-order valence-corrected chi connectivity index (χ2v) is 2.91. The van der Waals surface area contributed by atoms with Crippen LogP contribution in [0.2, 0.25) is 0 Å². The maximum atomic E-state index is 10.9. The number of aliphatic hydroxyl groups is 1. The van der Waals surface area contributed by atoms with Gasteiger partial charge in [0.15, 0.2) is 0 Å². The highest BCUT2D eigenvalue weighted by atomic mass is 16.5. The zero-order chi connectivity index (χ0) is 9.84. The van der Waals surface area contributed by atoms with E-state index in [0.717, 1.165) is 5.56 Å². The smallest absolute Gasteiger partial charge is 0.340 e. The van der Waals surface area contributed by atoms with Crippen LogP contribution in [-0.4, -0.2) is 17.2 Å². The van der Waals surface area contributed by atoms with Crippen LogP contribution in [0, 0.1) is 6.92 Å². The van der Waals surface area contributed by atoms with Crippen LogP contribution in [-0.2, 0) is 4.79 Å². The fourth-order valence-electron chi connectivity index (χ4n) is 0.808. The van der Waals surface area contributed by atoms with Gasteiger partial charge >= 0.3 is 5.97 Å². The average Bonchev–Trinajstić information content (AvgIpc) is 2.08. The van der Waals surface area contributed by atoms with E-state index in [-0.39, 0.29) is 0 Å². The molecule has 0 bridgehead atoms. The Bertz CT molecular complexity index is 288. The Morgan fingerprint density at radius 2 is 1.92 bits per heavy atom. The number of carbonyl (C=O) groups excluding carboxylic acids is 1. The molecule has 1 atom stereocenters. The summed E-state index contributed by atoms with van der Waals surface area (Å²) in [5.41, 5.74) is 1.09. The van der Waals surface area contributed by atoms with Crippen LogP contribution in [0.15, 0.2) is 24.3 Å². The van der Waals surface area contributed by atoms with Crippen molar-refractivity contribution in [2.24, 2.45) is 0 Å². The topological polar surface area (TPSA) is 46.5 Å². The summed E-state index contributed by atoms with van der Waals surface area (Å²) in [6, 6.07) is 7.06. The number of ether oxygens (including phenoxy) is 1. The molecule has 3 heteroatoms. The van der Waals surface area contributed by atoms with E-state index in [4.69, 9.17) is 9.84 Å². The van der Waals surface area contributed by atoms with Crippen molar-refractivity contribution < 1.29 is 14.6 Å². The van der Waals surface area contributed by atoms with Crippen molar-refractivity contribution >= 4 is 5.97 Å². The molecule has 0 spiro atoms. The minimum atomic E-state index is -1.08. The summed E-state index contributed by atoms with van der Waals surface area (Å²) < 4.78 is 4.84. The van der Waals surface area contributed by atoms with Gasteiger partial charge in [-0.1, -0.05) is 17.7 Å². The minimum absolute atomic E-state index is 0.455. The maximum Gasteiger partial charge on any atom is 0.340 e. The molecule has 3 nitrogen and oxygen atoms in total. The van der Waals surface area contributed by atoms with E-state index in [0.29, 0.717) is 5.75 Å². The fourth-order valence-corrected chi connectivity index (χ4v) is 0.808. The van der Waals surface area contributed by atoms with Gasteiger partial charge < -0.3 is 9.84 Å². The van der Waals surface area contributed by atoms with Gasteiger partial charge in [-0.3, -0.25) is 0 Å². The fraction of sp³-hybridized carbons (Fsp3) is 0.300. The zero-order valence-corrected chi connectivity index (χ0v) is 7.65. The summed E-state index contributed by atoms with van der Waals surface area (Å²) in [4.78, 5) is 10.9. The predicted molar refractivity (Wildman–Crippen MR) is 48.5 cm³/mol. The van der Waals surface area contributed by atoms with E-state index in [2.05, 4.69) is 0 Å². The van der Waals surface area contributed by atoms with Crippen molar-refractivity contribution in [3.63, 3.8) is 0 Å². The molecule has 0 unspecified atom stereocenters. The molecule has 1 aromatic carbocycles. The molecule has 1 rings (SSSR count). The van der Waals surface area contributed by atoms with Crippen molar-refractivity contribution in [3.8, 4) is 5.75 Å². The molecule has 1 N–H and O–H groups in total. The summed E-state index contributed by atoms with van der Waals surface area (Å²) in [6.45, 7) is 3.32. The summed E-state index contributed by atoms with van der Waals surface area (Å²) >= 11 is 0. The molecule has 0 fully saturated rings. The van der Waals surface area contributed by atoms with Crippen molar-refractivity contribution in [3.05, 3.63) is 29.8 Å². The number of benzene rings is 1. The molecule has 0 aliphatic rings. The lowest BCUT2D eigenvalue weighted by Gasteiger charge is -2.05. The summed E-state index contributed by atoms with van der Waals surface area (Å²) in [5.74, 6) is -0.180. The molecular weight excluding hydrogens is 168 g/mol. The molecule has 0 aliphatic heterocycles. The lowest BCUT2D eigenvalue weighted by Crippen LogP contribution is -2.21. The third kappa shape index (κ3) is 2.87. The minimum Gasteiger partial charge on any atom is -0.425 e. The summed E-state index contributed by atoms with van der Waals surface area (Å²) in [5, 5.41) is 8.86. The van der Waals surface area contributed by atoms with Gasteiger partial charge in [-0.05, 0) is 26.0 Å². The third-order valence-corrected chi connectivity index (χ3v) is 1.58. The van der Waals surface area contributed by atoms with Crippen molar-refractivity contribution in [1.29, 1.82) is 0 Å². The molecular formula is C10H12O3. The Kier molecular flexibility index (Phi) is 3.03. The first-order valence-corrected chi connectivity index (χ1v) is 4.06. The second kappa shape index (κ2) is 4.05. The molecule has 70 valence electrons. The van der Waals surface area contributed by atoms with Gasteiger partial charge in [0.05, 0.1) is 0 Å². The Balaban J connectivity index is 2.65. The van der Waals surface area contributed by atoms with Crippen LogP contribution in [0.3, 0.4) is 0 Å². The van der Waals surface area contributed by atoms with Gasteiger partial charge in [-0.15, -0.1) is 0 Å². The van der Waals surface area contributed by atoms with Crippen LogP contribution in [0.1, 0.15) is 12.5 Å². The van der Waals surface area contributed by atoms with Gasteiger partial charge in [0.2, 0.25) is 0 Å². The highest BCUT2D eigenvalue weighted by Gasteiger charge is 2.10. The van der Waals surface area contributed by atoms with Gasteiger partial charge in [-0.2, -0.15) is 0 Å². The monoisotopic (exact) mass is 180 g/mol. The van der Waals surface area contributed by atoms with Gasteiger partial charge in [0.1, 0.15) is 11.9 Å². The first-order chi connectivity index (χ1) is 6.09. The van der Waals surface area contributed by atoms with Crippen molar-refractivity contribution in [2.45, 2.75) is 20.0 Å². The second-order valence-electron chi connectivity index (χ2n) is 2.91. The summed E-state index contributed by atoms with van der Waals surface area (Å²) in [6.07, 6.45) is -1.08. The molecule has 1 aromatic rings. The van der Waals surface area contributed by atoms with E-state index >= 15 is 0 Å². The highest BCUT2D eigenvalue weighted by molar-refractivity contribution is 5.76. The van der Waals surface area contributed by atoms with Gasteiger partial charge in [0, 0.05) is 0 Å². The SMILES string of the molecule is Cc1ccc(OC(=O)[C@@H](C)O)cc1. The molecule has 0 saturated heterocycles. The summed E-state index contributed by atoms with van der Waals surface area (Å²) in [7, 11) is 0. The van der Waals surface area contributed by atoms with E-state index in [1.807, 2.05) is 19.1 Å². The number of carbonyl (C=O) groups is 1. The number of esters is 1. The third-order valence-electron chi connectivity index (χ3n) is 1.58. The first kappa shape index (κ1) is 9.74. The van der Waals surface area contributed by atoms with E-state index in [1.165, 1.54) is 6.92 Å². The Morgan fingerprint density at radius 3 is 2.38 bits per heavy atom. The normalized spacial score (nSPS) is 12.2. The number of hydrogen-bond acceptors (Lipinski definition) is 3. The Labute approximate surface area is 77.0 Å². The van der Waals surface area contributed by atoms with Crippen molar-refractivity contribution in [2.75, 3.05) is 0 Å². The highest BCUT2D eigenvalue weighted by Crippen LogP contribution is 2.11. The quantitative estimate of drug-likeness (QED) is 0.551. The Morgan fingerprint density at radius 1 is 1.38 bits per heavy atom. The molecule has 0 radical (unpaired) electrons. The number of rotatable bonds is 2. The Hall–Kier alpha value is -1.35. The van der Waals surface area contributed by atoms with E-state index < -0.39 is 12.1 Å². The molecule has 0 amide bonds. The van der Waals surface area contributed by atoms with Crippen LogP contribution < -0.4 is 4.74 Å². The number of aryl methyl sites for hydroxylation is 1. The standard InChI is InChI=1S/C10H12O3/c1-7-3-5-9(6-4-7)13-10(12)8(2)11/h3-6,8,11H,1-2H3/t8-/m1/s1. The molecule has 0 aliphatic carbocycles. The van der Waals surface area contributed by atoms with E-state index in [9.17, 15) is 4.79 Å². The van der Waals surface area contributed by atoms with E-state index in [1.54, 1.807) is 12.1 Å². The lowest BCUT2D eigenvalue weighted by atomic mass is 10.2. The molecule has 0 aromatic heterocycles. The van der Waals surface area contributed by atoms with Crippen molar-refractivity contribution in [1.82, 2.24) is 0 Å². The first-order valence-electron chi connectivity index (χ1n) is 4.06. The number of aliphatic hydroxyl groups excluding tert-OH is 1. The lowest BCUT2D eigenvalue weighted by molar-refractivity contribution is -0.142. The van der Waals surface area contributed by atoms with Crippen LogP contribution >= 0.6 is 0 Å². The molecule has 0 saturated carbocycles.